The molecule has 0 aromatic heterocycles. The number of aliphatic hydroxyl groups is 1. The van der Waals surface area contributed by atoms with Crippen LogP contribution in [0.15, 0.2) is 47.4 Å². The molecule has 1 aliphatic heterocycles. The quantitative estimate of drug-likeness (QED) is 0.761. The van der Waals surface area contributed by atoms with Crippen molar-refractivity contribution in [1.82, 2.24) is 4.90 Å². The Morgan fingerprint density at radius 3 is 2.50 bits per heavy atom. The van der Waals surface area contributed by atoms with Crippen LogP contribution in [0.2, 0.25) is 5.02 Å². The van der Waals surface area contributed by atoms with E-state index in [4.69, 9.17) is 16.3 Å². The van der Waals surface area contributed by atoms with Gasteiger partial charge < -0.3 is 19.6 Å². The van der Waals surface area contributed by atoms with Crippen LogP contribution in [0.1, 0.15) is 10.8 Å². The fourth-order valence-electron chi connectivity index (χ4n) is 2.99. The van der Waals surface area contributed by atoms with Crippen molar-refractivity contribution in [2.45, 2.75) is 16.2 Å². The van der Waals surface area contributed by atoms with E-state index in [1.807, 2.05) is 55.4 Å². The third-order valence-corrected chi connectivity index (χ3v) is 6.09. The molecule has 0 spiro atoms. The average molecular weight is 443 g/mol. The number of rotatable bonds is 5. The lowest BCUT2D eigenvalue weighted by Gasteiger charge is -2.26. The second-order valence-corrected chi connectivity index (χ2v) is 8.28. The van der Waals surface area contributed by atoms with Gasteiger partial charge in [0.15, 0.2) is 0 Å². The van der Waals surface area contributed by atoms with Crippen LogP contribution in [0.5, 0.6) is 5.75 Å². The van der Waals surface area contributed by atoms with Gasteiger partial charge in [0.25, 0.3) is 5.91 Å². The highest BCUT2D eigenvalue weighted by Crippen LogP contribution is 2.46. The summed E-state index contributed by atoms with van der Waals surface area (Å²) in [6.45, 7) is 1.19. The molecule has 0 saturated heterocycles. The second kappa shape index (κ2) is 9.85. The van der Waals surface area contributed by atoms with Gasteiger partial charge in [0.05, 0.1) is 18.0 Å². The molecule has 5 nitrogen and oxygen atoms in total. The van der Waals surface area contributed by atoms with E-state index >= 15 is 0 Å². The molecule has 0 fully saturated rings. The fourth-order valence-corrected chi connectivity index (χ4v) is 4.53. The minimum atomic E-state index is -1.16. The van der Waals surface area contributed by atoms with Crippen molar-refractivity contribution in [3.8, 4) is 5.75 Å². The molecule has 0 aliphatic carbocycles. The van der Waals surface area contributed by atoms with Crippen LogP contribution in [-0.2, 0) is 4.79 Å². The number of thioether (sulfide) groups is 1. The topological polar surface area (TPSA) is 53.0 Å². The van der Waals surface area contributed by atoms with Gasteiger partial charge in [-0.15, -0.1) is 24.2 Å². The average Bonchev–Trinajstić information content (AvgIpc) is 2.75. The molecule has 1 heterocycles. The Morgan fingerprint density at radius 1 is 1.21 bits per heavy atom. The summed E-state index contributed by atoms with van der Waals surface area (Å²) in [7, 11) is 5.52. The molecular weight excluding hydrogens is 419 g/mol. The molecule has 1 N–H and O–H groups in total. The number of halogens is 2. The summed E-state index contributed by atoms with van der Waals surface area (Å²) in [5, 5.41) is 11.1. The number of fused-ring (bicyclic) bond motifs is 1. The van der Waals surface area contributed by atoms with E-state index in [2.05, 4.69) is 0 Å². The predicted octanol–water partition coefficient (Wildman–Crippen LogP) is 3.87. The van der Waals surface area contributed by atoms with Crippen LogP contribution in [0.4, 0.5) is 5.69 Å². The summed E-state index contributed by atoms with van der Waals surface area (Å²) < 4.78 is 5.21. The maximum absolute atomic E-state index is 13.1. The van der Waals surface area contributed by atoms with Crippen LogP contribution >= 0.6 is 35.8 Å². The SMILES string of the molecule is COc1ccc([C@@H]2Sc3cc(Cl)ccc3N(CCN(C)C)C(=O)[C@@H]2O)cc1.Cl. The summed E-state index contributed by atoms with van der Waals surface area (Å²) >= 11 is 7.66. The number of nitrogens with zero attached hydrogens (tertiary/aromatic N) is 2. The number of benzene rings is 2. The van der Waals surface area contributed by atoms with Gasteiger partial charge >= 0.3 is 0 Å². The Labute approximate surface area is 181 Å². The number of hydrogen-bond donors (Lipinski definition) is 1. The predicted molar refractivity (Wildman–Crippen MR) is 117 cm³/mol. The van der Waals surface area contributed by atoms with Crippen LogP contribution in [-0.4, -0.2) is 56.3 Å². The van der Waals surface area contributed by atoms with Crippen molar-refractivity contribution in [2.75, 3.05) is 39.2 Å². The van der Waals surface area contributed by atoms with Gasteiger partial charge in [-0.2, -0.15) is 0 Å². The summed E-state index contributed by atoms with van der Waals surface area (Å²) in [6, 6.07) is 12.9. The Morgan fingerprint density at radius 2 is 1.89 bits per heavy atom. The zero-order chi connectivity index (χ0) is 19.6. The third kappa shape index (κ3) is 4.93. The van der Waals surface area contributed by atoms with Gasteiger partial charge in [-0.25, -0.2) is 0 Å². The molecule has 2 aromatic rings. The maximum Gasteiger partial charge on any atom is 0.257 e. The van der Waals surface area contributed by atoms with E-state index in [9.17, 15) is 9.90 Å². The van der Waals surface area contributed by atoms with E-state index in [1.165, 1.54) is 11.8 Å². The Bertz CT molecular complexity index is 818. The number of carbonyl (C=O) groups excluding carboxylic acids is 1. The zero-order valence-electron chi connectivity index (χ0n) is 16.0. The maximum atomic E-state index is 13.1. The molecule has 8 heteroatoms. The van der Waals surface area contributed by atoms with Crippen LogP contribution in [0, 0.1) is 0 Å². The third-order valence-electron chi connectivity index (χ3n) is 4.49. The van der Waals surface area contributed by atoms with Gasteiger partial charge in [0, 0.05) is 23.0 Å². The molecule has 0 unspecified atom stereocenters. The van der Waals surface area contributed by atoms with E-state index in [0.717, 1.165) is 21.9 Å². The number of aliphatic hydroxyl groups excluding tert-OH is 1. The molecule has 3 rings (SSSR count). The van der Waals surface area contributed by atoms with Crippen molar-refractivity contribution in [3.63, 3.8) is 0 Å². The summed E-state index contributed by atoms with van der Waals surface area (Å²) in [6.07, 6.45) is -1.16. The molecule has 28 heavy (non-hydrogen) atoms. The first kappa shape index (κ1) is 22.8. The second-order valence-electron chi connectivity index (χ2n) is 6.66. The fraction of sp³-hybridized carbons (Fsp3) is 0.350. The molecule has 1 aliphatic rings. The van der Waals surface area contributed by atoms with E-state index in [0.29, 0.717) is 18.1 Å². The molecule has 0 saturated carbocycles. The highest BCUT2D eigenvalue weighted by atomic mass is 35.5. The first-order valence-electron chi connectivity index (χ1n) is 8.65. The smallest absolute Gasteiger partial charge is 0.257 e. The summed E-state index contributed by atoms with van der Waals surface area (Å²) in [5.74, 6) is 0.431. The Kier molecular flexibility index (Phi) is 8.04. The highest BCUT2D eigenvalue weighted by molar-refractivity contribution is 7.99. The molecule has 2 aromatic carbocycles. The standard InChI is InChI=1S/C20H23ClN2O3S.ClH/c1-22(2)10-11-23-16-9-6-14(21)12-17(16)27-19(18(24)20(23)25)13-4-7-15(26-3)8-5-13;/h4-9,12,18-19,24H,10-11H2,1-3H3;1H/t18-,19+;/m1./s1. The van der Waals surface area contributed by atoms with Gasteiger partial charge in [0.2, 0.25) is 0 Å². The van der Waals surface area contributed by atoms with E-state index in [1.54, 1.807) is 18.1 Å². The van der Waals surface area contributed by atoms with Gasteiger partial charge in [-0.05, 0) is 50.0 Å². The lowest BCUT2D eigenvalue weighted by molar-refractivity contribution is -0.126. The van der Waals surface area contributed by atoms with Crippen molar-refractivity contribution in [3.05, 3.63) is 53.1 Å². The first-order valence-corrected chi connectivity index (χ1v) is 9.91. The molecule has 0 bridgehead atoms. The molecular formula is C20H24Cl2N2O3S. The van der Waals surface area contributed by atoms with Crippen molar-refractivity contribution >= 4 is 47.4 Å². The van der Waals surface area contributed by atoms with Crippen molar-refractivity contribution < 1.29 is 14.6 Å². The monoisotopic (exact) mass is 442 g/mol. The van der Waals surface area contributed by atoms with Crippen LogP contribution in [0.25, 0.3) is 0 Å². The highest BCUT2D eigenvalue weighted by Gasteiger charge is 2.37. The Balaban J connectivity index is 0.00000280. The van der Waals surface area contributed by atoms with E-state index < -0.39 is 11.4 Å². The Hall–Kier alpha value is -1.44. The lowest BCUT2D eigenvalue weighted by Crippen LogP contribution is -2.43. The van der Waals surface area contributed by atoms with Crippen LogP contribution in [0.3, 0.4) is 0 Å². The van der Waals surface area contributed by atoms with Gasteiger partial charge in [-0.1, -0.05) is 23.7 Å². The number of anilines is 1. The number of amides is 1. The van der Waals surface area contributed by atoms with Gasteiger partial charge in [-0.3, -0.25) is 4.79 Å². The number of methoxy groups -OCH3 is 1. The summed E-state index contributed by atoms with van der Waals surface area (Å²) in [5.41, 5.74) is 1.65. The lowest BCUT2D eigenvalue weighted by atomic mass is 10.1. The zero-order valence-corrected chi connectivity index (χ0v) is 18.4. The normalized spacial score (nSPS) is 19.1. The first-order chi connectivity index (χ1) is 12.9. The van der Waals surface area contributed by atoms with E-state index in [-0.39, 0.29) is 18.3 Å². The largest absolute Gasteiger partial charge is 0.497 e. The van der Waals surface area contributed by atoms with Crippen molar-refractivity contribution in [2.24, 2.45) is 0 Å². The molecule has 1 amide bonds. The minimum absolute atomic E-state index is 0. The number of hydrogen-bond acceptors (Lipinski definition) is 5. The number of carbonyl (C=O) groups is 1. The molecule has 2 atom stereocenters. The minimum Gasteiger partial charge on any atom is -0.497 e. The van der Waals surface area contributed by atoms with Crippen LogP contribution < -0.4 is 9.64 Å². The molecule has 0 radical (unpaired) electrons. The number of ether oxygens (including phenoxy) is 1. The molecule has 152 valence electrons. The van der Waals surface area contributed by atoms with Gasteiger partial charge in [0.1, 0.15) is 11.9 Å². The van der Waals surface area contributed by atoms with Crippen molar-refractivity contribution in [1.29, 1.82) is 0 Å². The number of likely N-dealkylation sites (N-methyl/N-ethyl adjacent to an activating group) is 1. The summed E-state index contributed by atoms with van der Waals surface area (Å²) in [4.78, 5) is 17.6.